The average molecular weight is 228 g/mol. The molecular weight excluding hydrogens is 212 g/mol. The van der Waals surface area contributed by atoms with Crippen molar-refractivity contribution in [2.24, 2.45) is 5.92 Å². The molecule has 1 aromatic carbocycles. The molecule has 3 rings (SSSR count). The molecule has 0 aromatic heterocycles. The van der Waals surface area contributed by atoms with E-state index in [1.807, 2.05) is 0 Å². The van der Waals surface area contributed by atoms with Crippen LogP contribution in [0.15, 0.2) is 30.3 Å². The maximum Gasteiger partial charge on any atom is 0.306 e. The molecule has 88 valence electrons. The van der Waals surface area contributed by atoms with Gasteiger partial charge in [-0.05, 0) is 36.8 Å². The van der Waals surface area contributed by atoms with E-state index in [0.29, 0.717) is 0 Å². The van der Waals surface area contributed by atoms with Gasteiger partial charge in [0.2, 0.25) is 0 Å². The number of aliphatic carboxylic acids is 1. The van der Waals surface area contributed by atoms with Gasteiger partial charge in [0.15, 0.2) is 0 Å². The van der Waals surface area contributed by atoms with Crippen LogP contribution < -0.4 is 0 Å². The van der Waals surface area contributed by atoms with Gasteiger partial charge in [0.1, 0.15) is 0 Å². The average Bonchev–Trinajstić information content (AvgIpc) is 2.70. The van der Waals surface area contributed by atoms with Gasteiger partial charge in [0, 0.05) is 5.41 Å². The highest BCUT2D eigenvalue weighted by Gasteiger charge is 2.39. The summed E-state index contributed by atoms with van der Waals surface area (Å²) in [5, 5.41) is 9.05. The van der Waals surface area contributed by atoms with Crippen LogP contribution >= 0.6 is 0 Å². The Morgan fingerprint density at radius 2 is 1.94 bits per heavy atom. The molecule has 0 aliphatic heterocycles. The third kappa shape index (κ3) is 1.59. The maximum atomic E-state index is 11.0. The number of benzene rings is 1. The monoisotopic (exact) mass is 228 g/mol. The van der Waals surface area contributed by atoms with Crippen LogP contribution in [-0.4, -0.2) is 11.1 Å². The second-order valence-corrected chi connectivity index (χ2v) is 5.19. The summed E-state index contributed by atoms with van der Waals surface area (Å²) in [6.07, 6.45) is 8.02. The zero-order valence-electron chi connectivity index (χ0n) is 9.73. The number of carbonyl (C=O) groups is 1. The number of rotatable bonds is 1. The molecule has 1 saturated carbocycles. The lowest BCUT2D eigenvalue weighted by molar-refractivity contribution is -0.143. The quantitative estimate of drug-likeness (QED) is 0.801. The van der Waals surface area contributed by atoms with Gasteiger partial charge in [-0.2, -0.15) is 0 Å². The summed E-state index contributed by atoms with van der Waals surface area (Å²) in [7, 11) is 0. The molecule has 0 unspecified atom stereocenters. The lowest BCUT2D eigenvalue weighted by atomic mass is 9.68. The third-order valence-electron chi connectivity index (χ3n) is 4.31. The van der Waals surface area contributed by atoms with Crippen molar-refractivity contribution in [2.75, 3.05) is 0 Å². The SMILES string of the molecule is O=C(O)C1CCC2(C=Cc3ccccc32)CC1. The molecule has 1 fully saturated rings. The van der Waals surface area contributed by atoms with Crippen LogP contribution in [0.5, 0.6) is 0 Å². The van der Waals surface area contributed by atoms with E-state index in [1.165, 1.54) is 11.1 Å². The third-order valence-corrected chi connectivity index (χ3v) is 4.31. The van der Waals surface area contributed by atoms with E-state index in [9.17, 15) is 4.79 Å². The Balaban J connectivity index is 1.87. The maximum absolute atomic E-state index is 11.0. The molecule has 0 radical (unpaired) electrons. The number of hydrogen-bond acceptors (Lipinski definition) is 1. The van der Waals surface area contributed by atoms with Crippen molar-refractivity contribution in [3.8, 4) is 0 Å². The Labute approximate surface area is 101 Å². The Morgan fingerprint density at radius 1 is 1.24 bits per heavy atom. The molecule has 0 amide bonds. The largest absolute Gasteiger partial charge is 0.481 e. The normalized spacial score (nSPS) is 30.5. The smallest absolute Gasteiger partial charge is 0.306 e. The Kier molecular flexibility index (Phi) is 2.32. The Morgan fingerprint density at radius 3 is 2.65 bits per heavy atom. The lowest BCUT2D eigenvalue weighted by Gasteiger charge is -2.35. The molecule has 0 heterocycles. The van der Waals surface area contributed by atoms with Gasteiger partial charge in [0.05, 0.1) is 5.92 Å². The van der Waals surface area contributed by atoms with Crippen LogP contribution in [0, 0.1) is 5.92 Å². The molecule has 1 spiro atoms. The van der Waals surface area contributed by atoms with Gasteiger partial charge in [0.25, 0.3) is 0 Å². The minimum atomic E-state index is -0.630. The van der Waals surface area contributed by atoms with E-state index in [-0.39, 0.29) is 11.3 Å². The lowest BCUT2D eigenvalue weighted by Crippen LogP contribution is -2.31. The molecule has 0 atom stereocenters. The predicted molar refractivity (Wildman–Crippen MR) is 66.7 cm³/mol. The summed E-state index contributed by atoms with van der Waals surface area (Å²) in [6, 6.07) is 8.47. The first-order valence-electron chi connectivity index (χ1n) is 6.23. The van der Waals surface area contributed by atoms with Gasteiger partial charge in [-0.25, -0.2) is 0 Å². The molecule has 17 heavy (non-hydrogen) atoms. The fraction of sp³-hybridized carbons (Fsp3) is 0.400. The van der Waals surface area contributed by atoms with E-state index < -0.39 is 5.97 Å². The number of hydrogen-bond donors (Lipinski definition) is 1. The van der Waals surface area contributed by atoms with Crippen LogP contribution in [0.1, 0.15) is 36.8 Å². The van der Waals surface area contributed by atoms with Gasteiger partial charge in [-0.15, -0.1) is 0 Å². The Hall–Kier alpha value is -1.57. The fourth-order valence-electron chi connectivity index (χ4n) is 3.25. The highest BCUT2D eigenvalue weighted by molar-refractivity contribution is 5.71. The number of allylic oxidation sites excluding steroid dienone is 1. The highest BCUT2D eigenvalue weighted by atomic mass is 16.4. The van der Waals surface area contributed by atoms with Crippen LogP contribution in [-0.2, 0) is 10.2 Å². The summed E-state index contributed by atoms with van der Waals surface area (Å²) in [5.41, 5.74) is 2.83. The second-order valence-electron chi connectivity index (χ2n) is 5.19. The summed E-state index contributed by atoms with van der Waals surface area (Å²) in [6.45, 7) is 0. The first-order chi connectivity index (χ1) is 8.21. The van der Waals surface area contributed by atoms with E-state index in [0.717, 1.165) is 25.7 Å². The van der Waals surface area contributed by atoms with Crippen molar-refractivity contribution in [3.63, 3.8) is 0 Å². The van der Waals surface area contributed by atoms with E-state index in [1.54, 1.807) is 0 Å². The highest BCUT2D eigenvalue weighted by Crippen LogP contribution is 2.47. The Bertz CT molecular complexity index is 479. The van der Waals surface area contributed by atoms with Crippen molar-refractivity contribution in [3.05, 3.63) is 41.5 Å². The van der Waals surface area contributed by atoms with Gasteiger partial charge in [-0.1, -0.05) is 36.4 Å². The first kappa shape index (κ1) is 10.6. The van der Waals surface area contributed by atoms with Crippen LogP contribution in [0.3, 0.4) is 0 Å². The topological polar surface area (TPSA) is 37.3 Å². The van der Waals surface area contributed by atoms with E-state index in [4.69, 9.17) is 5.11 Å². The molecule has 2 aliphatic carbocycles. The molecule has 1 aromatic rings. The molecule has 0 saturated heterocycles. The first-order valence-corrected chi connectivity index (χ1v) is 6.23. The standard InChI is InChI=1S/C15H16O2/c16-14(17)12-6-9-15(10-7-12)8-5-11-3-1-2-4-13(11)15/h1-5,8,12H,6-7,9-10H2,(H,16,17). The molecule has 1 N–H and O–H groups in total. The van der Waals surface area contributed by atoms with Gasteiger partial charge in [-0.3, -0.25) is 4.79 Å². The summed E-state index contributed by atoms with van der Waals surface area (Å²) in [5.74, 6) is -0.767. The molecule has 2 aliphatic rings. The minimum absolute atomic E-state index is 0.128. The predicted octanol–water partition coefficient (Wildman–Crippen LogP) is 3.23. The van der Waals surface area contributed by atoms with Gasteiger partial charge < -0.3 is 5.11 Å². The van der Waals surface area contributed by atoms with Crippen LogP contribution in [0.4, 0.5) is 0 Å². The summed E-state index contributed by atoms with van der Waals surface area (Å²) in [4.78, 5) is 11.0. The summed E-state index contributed by atoms with van der Waals surface area (Å²) < 4.78 is 0. The van der Waals surface area contributed by atoms with Crippen molar-refractivity contribution in [1.29, 1.82) is 0 Å². The van der Waals surface area contributed by atoms with Gasteiger partial charge >= 0.3 is 5.97 Å². The summed E-state index contributed by atoms with van der Waals surface area (Å²) >= 11 is 0. The van der Waals surface area contributed by atoms with E-state index >= 15 is 0 Å². The molecular formula is C15H16O2. The number of carboxylic acids is 1. The minimum Gasteiger partial charge on any atom is -0.481 e. The van der Waals surface area contributed by atoms with Crippen molar-refractivity contribution in [2.45, 2.75) is 31.1 Å². The fourth-order valence-corrected chi connectivity index (χ4v) is 3.25. The van der Waals surface area contributed by atoms with E-state index in [2.05, 4.69) is 36.4 Å². The molecule has 2 nitrogen and oxygen atoms in total. The van der Waals surface area contributed by atoms with Crippen molar-refractivity contribution < 1.29 is 9.90 Å². The molecule has 0 bridgehead atoms. The number of fused-ring (bicyclic) bond motifs is 2. The van der Waals surface area contributed by atoms with Crippen molar-refractivity contribution >= 4 is 12.0 Å². The number of carboxylic acid groups (broad SMARTS) is 1. The van der Waals surface area contributed by atoms with Crippen LogP contribution in [0.25, 0.3) is 6.08 Å². The second kappa shape index (κ2) is 3.73. The zero-order chi connectivity index (χ0) is 11.9. The molecule has 2 heteroatoms. The van der Waals surface area contributed by atoms with Crippen LogP contribution in [0.2, 0.25) is 0 Å². The zero-order valence-corrected chi connectivity index (χ0v) is 9.73. The van der Waals surface area contributed by atoms with Crippen molar-refractivity contribution in [1.82, 2.24) is 0 Å².